The Morgan fingerprint density at radius 2 is 1.91 bits per heavy atom. The molecule has 0 unspecified atom stereocenters. The summed E-state index contributed by atoms with van der Waals surface area (Å²) in [4.78, 5) is 24.1. The number of fused-ring (bicyclic) bond motifs is 2. The maximum absolute atomic E-state index is 12.8. The van der Waals surface area contributed by atoms with E-state index in [4.69, 9.17) is 4.74 Å². The van der Waals surface area contributed by atoms with Crippen LogP contribution < -0.4 is 4.74 Å². The molecule has 1 aliphatic rings. The van der Waals surface area contributed by atoms with E-state index in [1.165, 1.54) is 0 Å². The van der Waals surface area contributed by atoms with E-state index >= 15 is 0 Å². The van der Waals surface area contributed by atoms with Crippen molar-refractivity contribution < 1.29 is 19.4 Å². The summed E-state index contributed by atoms with van der Waals surface area (Å²) in [6.07, 6.45) is 0.352. The van der Waals surface area contributed by atoms with Gasteiger partial charge in [-0.25, -0.2) is 0 Å². The molecule has 0 saturated heterocycles. The third-order valence-corrected chi connectivity index (χ3v) is 4.16. The van der Waals surface area contributed by atoms with E-state index in [-0.39, 0.29) is 5.78 Å². The summed E-state index contributed by atoms with van der Waals surface area (Å²) in [5.41, 5.74) is 1.92. The van der Waals surface area contributed by atoms with Gasteiger partial charge >= 0.3 is 5.97 Å². The van der Waals surface area contributed by atoms with E-state index in [2.05, 4.69) is 0 Å². The lowest BCUT2D eigenvalue weighted by Gasteiger charge is -2.19. The second kappa shape index (κ2) is 5.54. The van der Waals surface area contributed by atoms with Crippen LogP contribution in [-0.2, 0) is 17.8 Å². The lowest BCUT2D eigenvalue weighted by atomic mass is 9.85. The van der Waals surface area contributed by atoms with Gasteiger partial charge in [0, 0.05) is 11.1 Å². The van der Waals surface area contributed by atoms with Crippen LogP contribution in [0.4, 0.5) is 0 Å². The Bertz CT molecular complexity index is 790. The van der Waals surface area contributed by atoms with Crippen molar-refractivity contribution in [2.75, 3.05) is 0 Å². The fourth-order valence-corrected chi connectivity index (χ4v) is 2.74. The molecule has 2 aromatic carbocycles. The Balaban J connectivity index is 2.01. The first-order chi connectivity index (χ1) is 10.9. The molecule has 0 saturated carbocycles. The predicted octanol–water partition coefficient (Wildman–Crippen LogP) is 3.46. The van der Waals surface area contributed by atoms with Gasteiger partial charge in [0.2, 0.25) is 0 Å². The van der Waals surface area contributed by atoms with Crippen molar-refractivity contribution in [1.29, 1.82) is 0 Å². The van der Waals surface area contributed by atoms with Gasteiger partial charge in [-0.1, -0.05) is 30.3 Å². The molecule has 0 radical (unpaired) electrons. The highest BCUT2D eigenvalue weighted by molar-refractivity contribution is 6.12. The SMILES string of the molecule is CC(C)(Cc1ccc2c(c1)C(=O)c1ccccc1CO2)C(=O)O. The van der Waals surface area contributed by atoms with Crippen LogP contribution in [0, 0.1) is 5.41 Å². The van der Waals surface area contributed by atoms with Gasteiger partial charge in [-0.2, -0.15) is 0 Å². The summed E-state index contributed by atoms with van der Waals surface area (Å²) in [7, 11) is 0. The number of hydrogen-bond acceptors (Lipinski definition) is 3. The minimum atomic E-state index is -0.888. The van der Waals surface area contributed by atoms with Crippen LogP contribution >= 0.6 is 0 Å². The number of aliphatic carboxylic acids is 1. The first-order valence-electron chi connectivity index (χ1n) is 7.50. The summed E-state index contributed by atoms with van der Waals surface area (Å²) < 4.78 is 5.74. The summed E-state index contributed by atoms with van der Waals surface area (Å²) in [5.74, 6) is -0.397. The average Bonchev–Trinajstić information content (AvgIpc) is 2.65. The third-order valence-electron chi connectivity index (χ3n) is 4.16. The molecule has 0 amide bonds. The summed E-state index contributed by atoms with van der Waals surface area (Å²) in [6, 6.07) is 12.7. The topological polar surface area (TPSA) is 63.6 Å². The Hall–Kier alpha value is -2.62. The highest BCUT2D eigenvalue weighted by Crippen LogP contribution is 2.31. The number of ether oxygens (including phenoxy) is 1. The van der Waals surface area contributed by atoms with Crippen molar-refractivity contribution in [1.82, 2.24) is 0 Å². The number of carbonyl (C=O) groups is 2. The first-order valence-corrected chi connectivity index (χ1v) is 7.50. The predicted molar refractivity (Wildman–Crippen MR) is 85.8 cm³/mol. The average molecular weight is 310 g/mol. The van der Waals surface area contributed by atoms with Crippen LogP contribution in [-0.4, -0.2) is 16.9 Å². The monoisotopic (exact) mass is 310 g/mol. The summed E-state index contributed by atoms with van der Waals surface area (Å²) >= 11 is 0. The van der Waals surface area contributed by atoms with Gasteiger partial charge in [0.1, 0.15) is 12.4 Å². The van der Waals surface area contributed by atoms with E-state index < -0.39 is 11.4 Å². The molecular weight excluding hydrogens is 292 g/mol. The van der Waals surface area contributed by atoms with Crippen molar-refractivity contribution in [2.24, 2.45) is 5.41 Å². The molecule has 0 aromatic heterocycles. The van der Waals surface area contributed by atoms with Crippen LogP contribution in [0.1, 0.15) is 40.9 Å². The zero-order chi connectivity index (χ0) is 16.6. The van der Waals surface area contributed by atoms with Crippen LogP contribution in [0.15, 0.2) is 42.5 Å². The maximum Gasteiger partial charge on any atom is 0.309 e. The molecule has 118 valence electrons. The normalized spacial score (nSPS) is 13.6. The van der Waals surface area contributed by atoms with Gasteiger partial charge in [-0.15, -0.1) is 0 Å². The molecule has 4 nitrogen and oxygen atoms in total. The van der Waals surface area contributed by atoms with E-state index in [0.717, 1.165) is 11.1 Å². The maximum atomic E-state index is 12.8. The number of benzene rings is 2. The third kappa shape index (κ3) is 2.84. The molecule has 4 heteroatoms. The molecule has 0 aliphatic carbocycles. The smallest absolute Gasteiger partial charge is 0.309 e. The molecule has 0 bridgehead atoms. The lowest BCUT2D eigenvalue weighted by molar-refractivity contribution is -0.146. The Kier molecular flexibility index (Phi) is 3.68. The van der Waals surface area contributed by atoms with Crippen LogP contribution in [0.2, 0.25) is 0 Å². The van der Waals surface area contributed by atoms with Gasteiger partial charge in [0.25, 0.3) is 0 Å². The fourth-order valence-electron chi connectivity index (χ4n) is 2.74. The quantitative estimate of drug-likeness (QED) is 0.943. The fraction of sp³-hybridized carbons (Fsp3) is 0.263. The Labute approximate surface area is 134 Å². The van der Waals surface area contributed by atoms with Crippen molar-refractivity contribution in [2.45, 2.75) is 26.9 Å². The number of hydrogen-bond donors (Lipinski definition) is 1. The van der Waals surface area contributed by atoms with E-state index in [9.17, 15) is 14.7 Å². The number of rotatable bonds is 3. The van der Waals surface area contributed by atoms with Gasteiger partial charge < -0.3 is 9.84 Å². The van der Waals surface area contributed by atoms with Crippen LogP contribution in [0.5, 0.6) is 5.75 Å². The van der Waals surface area contributed by atoms with E-state index in [1.54, 1.807) is 32.0 Å². The first kappa shape index (κ1) is 15.3. The van der Waals surface area contributed by atoms with Crippen molar-refractivity contribution in [3.8, 4) is 5.75 Å². The molecule has 0 fully saturated rings. The lowest BCUT2D eigenvalue weighted by Crippen LogP contribution is -2.26. The largest absolute Gasteiger partial charge is 0.488 e. The van der Waals surface area contributed by atoms with E-state index in [1.807, 2.05) is 24.3 Å². The summed E-state index contributed by atoms with van der Waals surface area (Å²) in [6.45, 7) is 3.71. The van der Waals surface area contributed by atoms with Gasteiger partial charge in [0.15, 0.2) is 5.78 Å². The van der Waals surface area contributed by atoms with Gasteiger partial charge in [-0.3, -0.25) is 9.59 Å². The van der Waals surface area contributed by atoms with Gasteiger partial charge in [-0.05, 0) is 38.0 Å². The van der Waals surface area contributed by atoms with Crippen LogP contribution in [0.25, 0.3) is 0 Å². The van der Waals surface area contributed by atoms with Crippen molar-refractivity contribution >= 4 is 11.8 Å². The zero-order valence-corrected chi connectivity index (χ0v) is 13.1. The molecule has 23 heavy (non-hydrogen) atoms. The van der Waals surface area contributed by atoms with Gasteiger partial charge in [0.05, 0.1) is 11.0 Å². The standard InChI is InChI=1S/C19H18O4/c1-19(2,18(21)22)10-12-7-8-16-15(9-12)17(20)14-6-4-3-5-13(14)11-23-16/h3-9H,10-11H2,1-2H3,(H,21,22). The molecule has 0 spiro atoms. The molecule has 1 N–H and O–H groups in total. The van der Waals surface area contributed by atoms with Crippen LogP contribution in [0.3, 0.4) is 0 Å². The van der Waals surface area contributed by atoms with E-state index in [0.29, 0.717) is 29.9 Å². The second-order valence-electron chi connectivity index (χ2n) is 6.47. The minimum Gasteiger partial charge on any atom is -0.488 e. The van der Waals surface area contributed by atoms with Crippen molar-refractivity contribution in [3.05, 3.63) is 64.7 Å². The highest BCUT2D eigenvalue weighted by atomic mass is 16.5. The number of carboxylic acid groups (broad SMARTS) is 1. The summed E-state index contributed by atoms with van der Waals surface area (Å²) in [5, 5.41) is 9.28. The Morgan fingerprint density at radius 1 is 1.17 bits per heavy atom. The minimum absolute atomic E-state index is 0.0805. The molecule has 0 atom stereocenters. The number of carboxylic acids is 1. The number of ketones is 1. The zero-order valence-electron chi connectivity index (χ0n) is 13.1. The number of carbonyl (C=O) groups excluding carboxylic acids is 1. The molecule has 3 rings (SSSR count). The molecule has 1 heterocycles. The second-order valence-corrected chi connectivity index (χ2v) is 6.47. The molecule has 1 aliphatic heterocycles. The molecule has 2 aromatic rings. The van der Waals surface area contributed by atoms with Crippen molar-refractivity contribution in [3.63, 3.8) is 0 Å². The molecular formula is C19H18O4. The highest BCUT2D eigenvalue weighted by Gasteiger charge is 2.29. The Morgan fingerprint density at radius 3 is 2.65 bits per heavy atom.